The lowest BCUT2D eigenvalue weighted by atomic mass is 10.3. The van der Waals surface area contributed by atoms with Crippen molar-refractivity contribution in [1.29, 1.82) is 0 Å². The SMILES string of the molecule is Clc1ccc2nnc(-c3cnc4ccccc4n3)n2n1. The van der Waals surface area contributed by atoms with Crippen LogP contribution in [0.4, 0.5) is 0 Å². The summed E-state index contributed by atoms with van der Waals surface area (Å²) < 4.78 is 1.56. The molecule has 0 bridgehead atoms. The average molecular weight is 283 g/mol. The Morgan fingerprint density at radius 1 is 0.950 bits per heavy atom. The van der Waals surface area contributed by atoms with Gasteiger partial charge in [0.2, 0.25) is 5.82 Å². The first-order valence-corrected chi connectivity index (χ1v) is 6.29. The van der Waals surface area contributed by atoms with E-state index in [0.29, 0.717) is 22.3 Å². The number of hydrogen-bond donors (Lipinski definition) is 0. The van der Waals surface area contributed by atoms with Crippen molar-refractivity contribution >= 4 is 28.3 Å². The molecule has 0 saturated heterocycles. The standard InChI is InChI=1S/C13H7ClN6/c14-11-5-6-12-17-18-13(20(12)19-11)10-7-15-8-3-1-2-4-9(8)16-10/h1-7H. The highest BCUT2D eigenvalue weighted by atomic mass is 35.5. The Kier molecular flexibility index (Phi) is 2.37. The predicted molar refractivity (Wildman–Crippen MR) is 74.3 cm³/mol. The van der Waals surface area contributed by atoms with Gasteiger partial charge in [-0.1, -0.05) is 23.7 Å². The van der Waals surface area contributed by atoms with Crippen LogP contribution >= 0.6 is 11.6 Å². The number of fused-ring (bicyclic) bond motifs is 2. The van der Waals surface area contributed by atoms with E-state index >= 15 is 0 Å². The van der Waals surface area contributed by atoms with Gasteiger partial charge < -0.3 is 0 Å². The van der Waals surface area contributed by atoms with E-state index in [0.717, 1.165) is 11.0 Å². The van der Waals surface area contributed by atoms with Gasteiger partial charge in [-0.3, -0.25) is 4.98 Å². The molecule has 0 saturated carbocycles. The lowest BCUT2D eigenvalue weighted by molar-refractivity contribution is 0.929. The van der Waals surface area contributed by atoms with Gasteiger partial charge in [0.05, 0.1) is 17.2 Å². The Balaban J connectivity index is 1.98. The third-order valence-electron chi connectivity index (χ3n) is 2.91. The molecule has 3 aromatic heterocycles. The predicted octanol–water partition coefficient (Wildman–Crippen LogP) is 2.39. The van der Waals surface area contributed by atoms with Gasteiger partial charge in [-0.15, -0.1) is 10.2 Å². The molecule has 0 fully saturated rings. The van der Waals surface area contributed by atoms with Crippen molar-refractivity contribution in [3.63, 3.8) is 0 Å². The van der Waals surface area contributed by atoms with E-state index in [-0.39, 0.29) is 0 Å². The summed E-state index contributed by atoms with van der Waals surface area (Å²) >= 11 is 5.91. The second-order valence-corrected chi connectivity index (χ2v) is 4.58. The summed E-state index contributed by atoms with van der Waals surface area (Å²) in [5, 5.41) is 12.7. The van der Waals surface area contributed by atoms with E-state index in [1.54, 1.807) is 22.8 Å². The maximum absolute atomic E-state index is 5.91. The molecule has 0 aliphatic heterocycles. The fourth-order valence-electron chi connectivity index (χ4n) is 1.99. The smallest absolute Gasteiger partial charge is 0.205 e. The van der Waals surface area contributed by atoms with E-state index < -0.39 is 0 Å². The Morgan fingerprint density at radius 3 is 2.70 bits per heavy atom. The molecule has 0 unspecified atom stereocenters. The molecule has 7 heteroatoms. The number of aromatic nitrogens is 6. The number of rotatable bonds is 1. The Morgan fingerprint density at radius 2 is 1.80 bits per heavy atom. The molecule has 4 rings (SSSR count). The molecule has 4 aromatic rings. The van der Waals surface area contributed by atoms with Crippen LogP contribution in [0.25, 0.3) is 28.2 Å². The number of benzene rings is 1. The molecule has 0 amide bonds. The Hall–Kier alpha value is -2.60. The summed E-state index contributed by atoms with van der Waals surface area (Å²) in [7, 11) is 0. The summed E-state index contributed by atoms with van der Waals surface area (Å²) in [6.07, 6.45) is 1.65. The highest BCUT2D eigenvalue weighted by Crippen LogP contribution is 2.18. The highest BCUT2D eigenvalue weighted by Gasteiger charge is 2.12. The van der Waals surface area contributed by atoms with Crippen LogP contribution in [-0.2, 0) is 0 Å². The van der Waals surface area contributed by atoms with Crippen molar-refractivity contribution in [3.8, 4) is 11.5 Å². The van der Waals surface area contributed by atoms with Crippen molar-refractivity contribution < 1.29 is 0 Å². The van der Waals surface area contributed by atoms with Gasteiger partial charge in [0.25, 0.3) is 0 Å². The number of para-hydroxylation sites is 2. The fraction of sp³-hybridized carbons (Fsp3) is 0. The zero-order valence-electron chi connectivity index (χ0n) is 10.1. The van der Waals surface area contributed by atoms with E-state index in [9.17, 15) is 0 Å². The lowest BCUT2D eigenvalue weighted by Crippen LogP contribution is -1.97. The van der Waals surface area contributed by atoms with Crippen LogP contribution in [0.3, 0.4) is 0 Å². The van der Waals surface area contributed by atoms with Gasteiger partial charge in [-0.25, -0.2) is 4.98 Å². The zero-order valence-corrected chi connectivity index (χ0v) is 10.9. The van der Waals surface area contributed by atoms with Crippen molar-refractivity contribution in [2.75, 3.05) is 0 Å². The summed E-state index contributed by atoms with van der Waals surface area (Å²) in [4.78, 5) is 8.89. The van der Waals surface area contributed by atoms with Crippen LogP contribution in [0.15, 0.2) is 42.6 Å². The Labute approximate surface area is 118 Å². The molecule has 6 nitrogen and oxygen atoms in total. The van der Waals surface area contributed by atoms with Crippen LogP contribution in [0.5, 0.6) is 0 Å². The van der Waals surface area contributed by atoms with Crippen LogP contribution in [0, 0.1) is 0 Å². The van der Waals surface area contributed by atoms with Crippen molar-refractivity contribution in [2.45, 2.75) is 0 Å². The molecule has 0 N–H and O–H groups in total. The van der Waals surface area contributed by atoms with Gasteiger partial charge in [-0.2, -0.15) is 9.61 Å². The van der Waals surface area contributed by atoms with E-state index in [1.807, 2.05) is 24.3 Å². The molecule has 0 aliphatic rings. The van der Waals surface area contributed by atoms with Gasteiger partial charge in [0, 0.05) is 0 Å². The molecule has 0 spiro atoms. The van der Waals surface area contributed by atoms with E-state index in [1.165, 1.54) is 0 Å². The van der Waals surface area contributed by atoms with Gasteiger partial charge in [0.1, 0.15) is 10.8 Å². The summed E-state index contributed by atoms with van der Waals surface area (Å²) in [6, 6.07) is 11.1. The summed E-state index contributed by atoms with van der Waals surface area (Å²) in [5.74, 6) is 0.515. The topological polar surface area (TPSA) is 68.9 Å². The third-order valence-corrected chi connectivity index (χ3v) is 3.11. The monoisotopic (exact) mass is 282 g/mol. The minimum absolute atomic E-state index is 0.368. The molecule has 0 atom stereocenters. The number of nitrogens with zero attached hydrogens (tertiary/aromatic N) is 6. The molecular weight excluding hydrogens is 276 g/mol. The van der Waals surface area contributed by atoms with Crippen LogP contribution < -0.4 is 0 Å². The zero-order chi connectivity index (χ0) is 13.5. The summed E-state index contributed by atoms with van der Waals surface area (Å²) in [6.45, 7) is 0. The fourth-order valence-corrected chi connectivity index (χ4v) is 2.13. The number of hydrogen-bond acceptors (Lipinski definition) is 5. The molecule has 96 valence electrons. The normalized spacial score (nSPS) is 11.2. The molecular formula is C13H7ClN6. The van der Waals surface area contributed by atoms with Crippen molar-refractivity contribution in [2.24, 2.45) is 0 Å². The minimum Gasteiger partial charge on any atom is -0.252 e. The Bertz CT molecular complexity index is 932. The maximum Gasteiger partial charge on any atom is 0.205 e. The molecule has 0 radical (unpaired) electrons. The molecule has 20 heavy (non-hydrogen) atoms. The van der Waals surface area contributed by atoms with Gasteiger partial charge in [0.15, 0.2) is 5.65 Å². The minimum atomic E-state index is 0.368. The first kappa shape index (κ1) is 11.2. The highest BCUT2D eigenvalue weighted by molar-refractivity contribution is 6.29. The largest absolute Gasteiger partial charge is 0.252 e. The van der Waals surface area contributed by atoms with Crippen LogP contribution in [-0.4, -0.2) is 29.8 Å². The first-order valence-electron chi connectivity index (χ1n) is 5.91. The van der Waals surface area contributed by atoms with E-state index in [2.05, 4.69) is 25.3 Å². The maximum atomic E-state index is 5.91. The van der Waals surface area contributed by atoms with Crippen LogP contribution in [0.1, 0.15) is 0 Å². The summed E-state index contributed by atoms with van der Waals surface area (Å²) in [5.41, 5.74) is 2.84. The van der Waals surface area contributed by atoms with Gasteiger partial charge >= 0.3 is 0 Å². The third kappa shape index (κ3) is 1.70. The number of halogens is 1. The quantitative estimate of drug-likeness (QED) is 0.536. The van der Waals surface area contributed by atoms with Crippen LogP contribution in [0.2, 0.25) is 5.15 Å². The second kappa shape index (κ2) is 4.21. The van der Waals surface area contributed by atoms with Crippen molar-refractivity contribution in [3.05, 3.63) is 47.7 Å². The second-order valence-electron chi connectivity index (χ2n) is 4.19. The molecule has 1 aromatic carbocycles. The van der Waals surface area contributed by atoms with Crippen molar-refractivity contribution in [1.82, 2.24) is 29.8 Å². The average Bonchev–Trinajstić information content (AvgIpc) is 2.89. The van der Waals surface area contributed by atoms with Gasteiger partial charge in [-0.05, 0) is 24.3 Å². The lowest BCUT2D eigenvalue weighted by Gasteiger charge is -2.00. The first-order chi connectivity index (χ1) is 9.81. The molecule has 0 aliphatic carbocycles. The van der Waals surface area contributed by atoms with E-state index in [4.69, 9.17) is 11.6 Å². The molecule has 3 heterocycles.